The summed E-state index contributed by atoms with van der Waals surface area (Å²) < 4.78 is 0. The molecule has 0 radical (unpaired) electrons. The number of carbonyl (C=O) groups is 3. The lowest BCUT2D eigenvalue weighted by Crippen LogP contribution is -2.41. The summed E-state index contributed by atoms with van der Waals surface area (Å²) in [7, 11) is 0. The Morgan fingerprint density at radius 2 is 1.71 bits per heavy atom. The van der Waals surface area contributed by atoms with Crippen molar-refractivity contribution >= 4 is 17.7 Å². The van der Waals surface area contributed by atoms with Crippen molar-refractivity contribution < 1.29 is 19.5 Å². The molecule has 2 N–H and O–H groups in total. The molecule has 3 rings (SSSR count). The van der Waals surface area contributed by atoms with Crippen LogP contribution >= 0.6 is 0 Å². The molecule has 128 valence electrons. The topological polar surface area (TPSA) is 86.7 Å². The Balaban J connectivity index is 1.44. The van der Waals surface area contributed by atoms with Gasteiger partial charge in [-0.2, -0.15) is 0 Å². The highest BCUT2D eigenvalue weighted by Gasteiger charge is 2.35. The Hall–Kier alpha value is -2.21. The molecule has 0 aromatic heterocycles. The normalized spacial score (nSPS) is 18.8. The van der Waals surface area contributed by atoms with E-state index in [1.807, 2.05) is 0 Å². The number of hydrogen-bond donors (Lipinski definition) is 2. The van der Waals surface area contributed by atoms with Crippen LogP contribution in [0.4, 0.5) is 0 Å². The predicted molar refractivity (Wildman–Crippen MR) is 87.5 cm³/mol. The van der Waals surface area contributed by atoms with Crippen molar-refractivity contribution in [1.82, 2.24) is 10.2 Å². The van der Waals surface area contributed by atoms with Crippen molar-refractivity contribution in [3.63, 3.8) is 0 Å². The van der Waals surface area contributed by atoms with Gasteiger partial charge >= 0.3 is 0 Å². The Morgan fingerprint density at radius 3 is 2.29 bits per heavy atom. The summed E-state index contributed by atoms with van der Waals surface area (Å²) in [5.41, 5.74) is 0.0869. The van der Waals surface area contributed by atoms with Crippen molar-refractivity contribution in [2.24, 2.45) is 0 Å². The van der Waals surface area contributed by atoms with E-state index >= 15 is 0 Å². The number of imide groups is 1. The number of fused-ring (bicyclic) bond motifs is 1. The van der Waals surface area contributed by atoms with E-state index in [9.17, 15) is 19.5 Å². The average Bonchev–Trinajstić information content (AvgIpc) is 3.11. The smallest absolute Gasteiger partial charge is 0.261 e. The number of hydrogen-bond acceptors (Lipinski definition) is 4. The first-order valence-corrected chi connectivity index (χ1v) is 8.44. The molecule has 1 aliphatic heterocycles. The van der Waals surface area contributed by atoms with Crippen LogP contribution in [-0.4, -0.2) is 46.4 Å². The summed E-state index contributed by atoms with van der Waals surface area (Å²) in [5.74, 6) is -0.750. The van der Waals surface area contributed by atoms with Gasteiger partial charge in [0.1, 0.15) is 0 Å². The Labute approximate surface area is 140 Å². The Bertz CT molecular complexity index is 630. The third kappa shape index (κ3) is 3.33. The second kappa shape index (κ2) is 6.73. The number of nitrogens with zero attached hydrogens (tertiary/aromatic N) is 1. The van der Waals surface area contributed by atoms with Crippen molar-refractivity contribution in [2.75, 3.05) is 13.1 Å². The van der Waals surface area contributed by atoms with E-state index in [4.69, 9.17) is 0 Å². The summed E-state index contributed by atoms with van der Waals surface area (Å²) in [6.45, 7) is 0.503. The van der Waals surface area contributed by atoms with Crippen molar-refractivity contribution in [1.29, 1.82) is 0 Å². The number of aliphatic hydroxyl groups is 1. The van der Waals surface area contributed by atoms with Crippen LogP contribution in [0.2, 0.25) is 0 Å². The molecule has 1 aromatic carbocycles. The van der Waals surface area contributed by atoms with E-state index in [2.05, 4.69) is 5.32 Å². The van der Waals surface area contributed by atoms with Crippen LogP contribution in [0.25, 0.3) is 0 Å². The number of benzene rings is 1. The molecule has 2 aliphatic rings. The highest BCUT2D eigenvalue weighted by atomic mass is 16.3. The standard InChI is InChI=1S/C18H22N2O4/c21-15(19-12-18(24)9-3-4-10-18)8-5-11-20-16(22)13-6-1-2-7-14(13)17(20)23/h1-2,6-7,24H,3-5,8-12H2,(H,19,21). The van der Waals surface area contributed by atoms with Gasteiger partial charge in [-0.15, -0.1) is 0 Å². The zero-order chi connectivity index (χ0) is 17.2. The lowest BCUT2D eigenvalue weighted by atomic mass is 10.0. The van der Waals surface area contributed by atoms with Crippen LogP contribution in [0.5, 0.6) is 0 Å². The summed E-state index contributed by atoms with van der Waals surface area (Å²) in [6.07, 6.45) is 4.07. The minimum Gasteiger partial charge on any atom is -0.388 e. The van der Waals surface area contributed by atoms with Crippen LogP contribution in [0.15, 0.2) is 24.3 Å². The van der Waals surface area contributed by atoms with E-state index < -0.39 is 5.60 Å². The minimum atomic E-state index is -0.766. The first-order valence-electron chi connectivity index (χ1n) is 8.44. The molecule has 1 fully saturated rings. The zero-order valence-electron chi connectivity index (χ0n) is 13.6. The highest BCUT2D eigenvalue weighted by Crippen LogP contribution is 2.28. The van der Waals surface area contributed by atoms with E-state index in [1.165, 1.54) is 4.90 Å². The average molecular weight is 330 g/mol. The van der Waals surface area contributed by atoms with Gasteiger partial charge in [-0.25, -0.2) is 0 Å². The Morgan fingerprint density at radius 1 is 1.12 bits per heavy atom. The summed E-state index contributed by atoms with van der Waals surface area (Å²) >= 11 is 0. The van der Waals surface area contributed by atoms with Gasteiger partial charge in [0.2, 0.25) is 5.91 Å². The molecule has 1 saturated carbocycles. The van der Waals surface area contributed by atoms with Crippen LogP contribution in [-0.2, 0) is 4.79 Å². The summed E-state index contributed by atoms with van der Waals surface area (Å²) in [5, 5.41) is 12.9. The first kappa shape index (κ1) is 16.6. The van der Waals surface area contributed by atoms with Crippen molar-refractivity contribution in [3.05, 3.63) is 35.4 Å². The zero-order valence-corrected chi connectivity index (χ0v) is 13.6. The van der Waals surface area contributed by atoms with Gasteiger partial charge < -0.3 is 10.4 Å². The first-order chi connectivity index (χ1) is 11.5. The van der Waals surface area contributed by atoms with E-state index in [0.717, 1.165) is 25.7 Å². The van der Waals surface area contributed by atoms with Gasteiger partial charge in [0.05, 0.1) is 16.7 Å². The maximum atomic E-state index is 12.2. The largest absolute Gasteiger partial charge is 0.388 e. The maximum absolute atomic E-state index is 12.2. The van der Waals surface area contributed by atoms with Gasteiger partial charge in [-0.3, -0.25) is 19.3 Å². The second-order valence-electron chi connectivity index (χ2n) is 6.62. The molecule has 3 amide bonds. The molecule has 1 aromatic rings. The monoisotopic (exact) mass is 330 g/mol. The van der Waals surface area contributed by atoms with Gasteiger partial charge in [0.15, 0.2) is 0 Å². The number of carbonyl (C=O) groups excluding carboxylic acids is 3. The van der Waals surface area contributed by atoms with Crippen molar-refractivity contribution in [3.8, 4) is 0 Å². The summed E-state index contributed by atoms with van der Waals surface area (Å²) in [4.78, 5) is 37.5. The van der Waals surface area contributed by atoms with Crippen LogP contribution in [0, 0.1) is 0 Å². The second-order valence-corrected chi connectivity index (χ2v) is 6.62. The molecule has 0 saturated heterocycles. The van der Waals surface area contributed by atoms with Gasteiger partial charge in [0, 0.05) is 19.5 Å². The molecule has 24 heavy (non-hydrogen) atoms. The molecule has 0 unspecified atom stereocenters. The van der Waals surface area contributed by atoms with Crippen LogP contribution < -0.4 is 5.32 Å². The fraction of sp³-hybridized carbons (Fsp3) is 0.500. The number of amides is 3. The molecular formula is C18H22N2O4. The highest BCUT2D eigenvalue weighted by molar-refractivity contribution is 6.21. The quantitative estimate of drug-likeness (QED) is 0.774. The van der Waals surface area contributed by atoms with Crippen LogP contribution in [0.1, 0.15) is 59.2 Å². The minimum absolute atomic E-state index is 0.160. The Kier molecular flexibility index (Phi) is 4.66. The van der Waals surface area contributed by atoms with E-state index in [-0.39, 0.29) is 37.2 Å². The predicted octanol–water partition coefficient (Wildman–Crippen LogP) is 1.48. The number of rotatable bonds is 6. The molecular weight excluding hydrogens is 308 g/mol. The van der Waals surface area contributed by atoms with E-state index in [0.29, 0.717) is 17.5 Å². The number of nitrogens with one attached hydrogen (secondary N) is 1. The van der Waals surface area contributed by atoms with Gasteiger partial charge in [-0.05, 0) is 31.4 Å². The molecule has 0 atom stereocenters. The lowest BCUT2D eigenvalue weighted by molar-refractivity contribution is -0.122. The van der Waals surface area contributed by atoms with Gasteiger partial charge in [-0.1, -0.05) is 25.0 Å². The van der Waals surface area contributed by atoms with Crippen LogP contribution in [0.3, 0.4) is 0 Å². The molecule has 6 nitrogen and oxygen atoms in total. The third-order valence-electron chi connectivity index (χ3n) is 4.81. The lowest BCUT2D eigenvalue weighted by Gasteiger charge is -2.22. The van der Waals surface area contributed by atoms with E-state index in [1.54, 1.807) is 24.3 Å². The maximum Gasteiger partial charge on any atom is 0.261 e. The third-order valence-corrected chi connectivity index (χ3v) is 4.81. The fourth-order valence-electron chi connectivity index (χ4n) is 3.40. The molecule has 0 spiro atoms. The molecule has 6 heteroatoms. The molecule has 1 heterocycles. The van der Waals surface area contributed by atoms with Gasteiger partial charge in [0.25, 0.3) is 11.8 Å². The summed E-state index contributed by atoms with van der Waals surface area (Å²) in [6, 6.07) is 6.75. The molecule has 0 bridgehead atoms. The SMILES string of the molecule is O=C(CCCN1C(=O)c2ccccc2C1=O)NCC1(O)CCCC1. The fourth-order valence-corrected chi connectivity index (χ4v) is 3.40. The molecule has 1 aliphatic carbocycles. The van der Waals surface area contributed by atoms with Crippen molar-refractivity contribution in [2.45, 2.75) is 44.1 Å².